The van der Waals surface area contributed by atoms with E-state index in [1.807, 2.05) is 0 Å². The number of carboxylic acids is 1. The van der Waals surface area contributed by atoms with Gasteiger partial charge in [-0.1, -0.05) is 43.6 Å². The minimum absolute atomic E-state index is 0.0235. The second kappa shape index (κ2) is 8.36. The molecule has 0 aliphatic heterocycles. The second-order valence-electron chi connectivity index (χ2n) is 12.1. The topological polar surface area (TPSA) is 57.5 Å². The van der Waals surface area contributed by atoms with Gasteiger partial charge in [0.15, 0.2) is 0 Å². The van der Waals surface area contributed by atoms with E-state index in [4.69, 9.17) is 0 Å². The Balaban J connectivity index is 1.59. The van der Waals surface area contributed by atoms with Gasteiger partial charge < -0.3 is 10.2 Å². The highest BCUT2D eigenvalue weighted by Gasteiger charge is 2.58. The lowest BCUT2D eigenvalue weighted by Crippen LogP contribution is -2.51. The Morgan fingerprint density at radius 2 is 1.87 bits per heavy atom. The highest BCUT2D eigenvalue weighted by atomic mass is 16.4. The molecule has 8 atom stereocenters. The lowest BCUT2D eigenvalue weighted by Gasteiger charge is -2.56. The van der Waals surface area contributed by atoms with E-state index >= 15 is 0 Å². The lowest BCUT2D eigenvalue weighted by atomic mass is 9.48. The first-order valence-corrected chi connectivity index (χ1v) is 12.9. The SMILES string of the molecule is CC(C)=CCC[C@@H](C)[C@H]1CCC2C3=C(CC[C@@]21C)[C@@]1(C)CC[C@H](O)[C@@H](C(=O)O)[C@@H]1CC3. The van der Waals surface area contributed by atoms with Crippen LogP contribution < -0.4 is 0 Å². The predicted molar refractivity (Wildman–Crippen MR) is 126 cm³/mol. The number of carbonyl (C=O) groups is 1. The van der Waals surface area contributed by atoms with Crippen LogP contribution in [0.3, 0.4) is 0 Å². The zero-order chi connectivity index (χ0) is 22.6. The Kier molecular flexibility index (Phi) is 6.22. The summed E-state index contributed by atoms with van der Waals surface area (Å²) in [4.78, 5) is 12.0. The van der Waals surface area contributed by atoms with Crippen LogP contribution in [0.25, 0.3) is 0 Å². The van der Waals surface area contributed by atoms with Crippen LogP contribution in [0.15, 0.2) is 22.8 Å². The molecule has 2 N–H and O–H groups in total. The van der Waals surface area contributed by atoms with E-state index in [1.54, 1.807) is 11.1 Å². The zero-order valence-corrected chi connectivity index (χ0v) is 20.4. The molecule has 3 nitrogen and oxygen atoms in total. The summed E-state index contributed by atoms with van der Waals surface area (Å²) >= 11 is 0. The minimum Gasteiger partial charge on any atom is -0.481 e. The van der Waals surface area contributed by atoms with Crippen LogP contribution in [-0.4, -0.2) is 22.3 Å². The molecule has 174 valence electrons. The van der Waals surface area contributed by atoms with E-state index in [-0.39, 0.29) is 11.3 Å². The molecule has 31 heavy (non-hydrogen) atoms. The first kappa shape index (κ1) is 23.1. The summed E-state index contributed by atoms with van der Waals surface area (Å²) in [5.74, 6) is 0.979. The third-order valence-electron chi connectivity index (χ3n) is 10.3. The number of allylic oxidation sites excluding steroid dienone is 4. The molecule has 2 saturated carbocycles. The van der Waals surface area contributed by atoms with Crippen molar-refractivity contribution in [1.29, 1.82) is 0 Å². The molecule has 0 aromatic carbocycles. The number of hydrogen-bond donors (Lipinski definition) is 2. The van der Waals surface area contributed by atoms with E-state index in [1.165, 1.54) is 37.7 Å². The summed E-state index contributed by atoms with van der Waals surface area (Å²) in [6, 6.07) is 0. The Hall–Kier alpha value is -1.09. The first-order chi connectivity index (χ1) is 14.6. The van der Waals surface area contributed by atoms with Crippen LogP contribution in [0.5, 0.6) is 0 Å². The predicted octanol–water partition coefficient (Wildman–Crippen LogP) is 6.76. The standard InChI is InChI=1S/C28H44O3/c1-17(2)7-6-8-18(3)20-11-12-21-19-9-10-23-25(26(30)31)24(29)14-16-28(23,5)22(19)13-15-27(20,21)4/h7,18,20-21,23-25,29H,6,8-16H2,1-5H3,(H,30,31)/t18-,20-,21?,23+,24+,25+,27-,28-/m1/s1. The van der Waals surface area contributed by atoms with Gasteiger partial charge in [-0.3, -0.25) is 4.79 Å². The van der Waals surface area contributed by atoms with Crippen molar-refractivity contribution in [2.75, 3.05) is 0 Å². The van der Waals surface area contributed by atoms with Gasteiger partial charge >= 0.3 is 5.97 Å². The average molecular weight is 429 g/mol. The molecule has 4 aliphatic carbocycles. The zero-order valence-electron chi connectivity index (χ0n) is 20.4. The number of aliphatic hydroxyl groups excluding tert-OH is 1. The molecular weight excluding hydrogens is 384 g/mol. The van der Waals surface area contributed by atoms with Crippen molar-refractivity contribution in [1.82, 2.24) is 0 Å². The van der Waals surface area contributed by atoms with Gasteiger partial charge in [0, 0.05) is 0 Å². The normalized spacial score (nSPS) is 43.0. The molecule has 0 spiro atoms. The van der Waals surface area contributed by atoms with Crippen LogP contribution in [0.2, 0.25) is 0 Å². The van der Waals surface area contributed by atoms with Crippen molar-refractivity contribution in [3.05, 3.63) is 22.8 Å². The van der Waals surface area contributed by atoms with Gasteiger partial charge in [-0.15, -0.1) is 0 Å². The fourth-order valence-electron chi connectivity index (χ4n) is 8.71. The molecule has 0 radical (unpaired) electrons. The number of rotatable bonds is 5. The molecular formula is C28H44O3. The molecule has 1 unspecified atom stereocenters. The van der Waals surface area contributed by atoms with Gasteiger partial charge in [0.2, 0.25) is 0 Å². The number of carboxylic acid groups (broad SMARTS) is 1. The molecule has 3 heteroatoms. The molecule has 0 heterocycles. The van der Waals surface area contributed by atoms with Gasteiger partial charge in [-0.05, 0) is 113 Å². The van der Waals surface area contributed by atoms with Crippen molar-refractivity contribution < 1.29 is 15.0 Å². The number of hydrogen-bond acceptors (Lipinski definition) is 2. The van der Waals surface area contributed by atoms with Gasteiger partial charge in [-0.2, -0.15) is 0 Å². The molecule has 2 fully saturated rings. The summed E-state index contributed by atoms with van der Waals surface area (Å²) < 4.78 is 0. The monoisotopic (exact) mass is 428 g/mol. The molecule has 0 aromatic rings. The fraction of sp³-hybridized carbons (Fsp3) is 0.821. The highest BCUT2D eigenvalue weighted by Crippen LogP contribution is 2.66. The Morgan fingerprint density at radius 3 is 2.55 bits per heavy atom. The summed E-state index contributed by atoms with van der Waals surface area (Å²) in [6.45, 7) is 11.8. The van der Waals surface area contributed by atoms with Gasteiger partial charge in [-0.25, -0.2) is 0 Å². The van der Waals surface area contributed by atoms with Crippen LogP contribution in [0.4, 0.5) is 0 Å². The average Bonchev–Trinajstić information content (AvgIpc) is 3.05. The summed E-state index contributed by atoms with van der Waals surface area (Å²) in [7, 11) is 0. The molecule has 0 aromatic heterocycles. The highest BCUT2D eigenvalue weighted by molar-refractivity contribution is 5.72. The van der Waals surface area contributed by atoms with Crippen molar-refractivity contribution in [3.63, 3.8) is 0 Å². The number of fused-ring (bicyclic) bond motifs is 4. The maximum atomic E-state index is 12.0. The maximum Gasteiger partial charge on any atom is 0.309 e. The van der Waals surface area contributed by atoms with E-state index in [9.17, 15) is 15.0 Å². The molecule has 4 aliphatic rings. The quantitative estimate of drug-likeness (QED) is 0.475. The fourth-order valence-corrected chi connectivity index (χ4v) is 8.71. The van der Waals surface area contributed by atoms with Gasteiger partial charge in [0.1, 0.15) is 0 Å². The Morgan fingerprint density at radius 1 is 1.13 bits per heavy atom. The Labute approximate surface area is 189 Å². The third kappa shape index (κ3) is 3.73. The van der Waals surface area contributed by atoms with E-state index in [0.29, 0.717) is 17.8 Å². The second-order valence-corrected chi connectivity index (χ2v) is 12.1. The summed E-state index contributed by atoms with van der Waals surface area (Å²) in [5.41, 5.74) is 5.14. The van der Waals surface area contributed by atoms with Gasteiger partial charge in [0.05, 0.1) is 12.0 Å². The number of aliphatic carboxylic acids is 1. The first-order valence-electron chi connectivity index (χ1n) is 12.9. The van der Waals surface area contributed by atoms with Crippen LogP contribution in [0.1, 0.15) is 98.8 Å². The molecule has 0 amide bonds. The van der Waals surface area contributed by atoms with Crippen molar-refractivity contribution >= 4 is 5.97 Å². The smallest absolute Gasteiger partial charge is 0.309 e. The van der Waals surface area contributed by atoms with Crippen LogP contribution >= 0.6 is 0 Å². The van der Waals surface area contributed by atoms with E-state index < -0.39 is 18.0 Å². The van der Waals surface area contributed by atoms with E-state index in [2.05, 4.69) is 40.7 Å². The Bertz CT molecular complexity index is 775. The van der Waals surface area contributed by atoms with Gasteiger partial charge in [0.25, 0.3) is 0 Å². The largest absolute Gasteiger partial charge is 0.481 e. The van der Waals surface area contributed by atoms with Crippen molar-refractivity contribution in [2.24, 2.45) is 40.4 Å². The molecule has 0 saturated heterocycles. The minimum atomic E-state index is -0.792. The van der Waals surface area contributed by atoms with Crippen molar-refractivity contribution in [3.8, 4) is 0 Å². The number of aliphatic hydroxyl groups is 1. The maximum absolute atomic E-state index is 12.0. The summed E-state index contributed by atoms with van der Waals surface area (Å²) in [6.07, 6.45) is 12.9. The lowest BCUT2D eigenvalue weighted by molar-refractivity contribution is -0.156. The van der Waals surface area contributed by atoms with Crippen molar-refractivity contribution in [2.45, 2.75) is 105 Å². The third-order valence-corrected chi connectivity index (χ3v) is 10.3. The summed E-state index contributed by atoms with van der Waals surface area (Å²) in [5, 5.41) is 20.3. The van der Waals surface area contributed by atoms with E-state index in [0.717, 1.165) is 37.5 Å². The molecule has 0 bridgehead atoms. The van der Waals surface area contributed by atoms with Crippen LogP contribution in [-0.2, 0) is 4.79 Å². The van der Waals surface area contributed by atoms with Crippen LogP contribution in [0, 0.1) is 40.4 Å². The molecule has 4 rings (SSSR count).